The van der Waals surface area contributed by atoms with Crippen LogP contribution in [-0.2, 0) is 14.4 Å². The van der Waals surface area contributed by atoms with Crippen LogP contribution in [0.25, 0.3) is 0 Å². The molecule has 6 nitrogen and oxygen atoms in total. The lowest BCUT2D eigenvalue weighted by molar-refractivity contribution is -0.143. The van der Waals surface area contributed by atoms with Crippen molar-refractivity contribution in [1.29, 1.82) is 0 Å². The molecule has 2 fully saturated rings. The van der Waals surface area contributed by atoms with Crippen LogP contribution in [0.2, 0.25) is 0 Å². The highest BCUT2D eigenvalue weighted by atomic mass is 16.2. The first-order chi connectivity index (χ1) is 10.1. The molecule has 0 spiro atoms. The number of piperidine rings is 1. The molecule has 0 bridgehead atoms. The highest BCUT2D eigenvalue weighted by Gasteiger charge is 2.28. The minimum Gasteiger partial charge on any atom is -0.345 e. The monoisotopic (exact) mass is 295 g/mol. The normalized spacial score (nSPS) is 26.9. The smallest absolute Gasteiger partial charge is 0.315 e. The number of carbonyl (C=O) groups excluding carboxylic acids is 3. The quantitative estimate of drug-likeness (QED) is 0.640. The fourth-order valence-corrected chi connectivity index (χ4v) is 3.12. The zero-order chi connectivity index (χ0) is 15.2. The van der Waals surface area contributed by atoms with Crippen molar-refractivity contribution in [3.8, 4) is 0 Å². The lowest BCUT2D eigenvalue weighted by Crippen LogP contribution is -2.50. The van der Waals surface area contributed by atoms with Gasteiger partial charge in [0.1, 0.15) is 0 Å². The lowest BCUT2D eigenvalue weighted by atomic mass is 9.86. The maximum absolute atomic E-state index is 11.9. The molecule has 0 aromatic heterocycles. The van der Waals surface area contributed by atoms with Crippen LogP contribution in [0.15, 0.2) is 0 Å². The molecule has 1 saturated heterocycles. The Balaban J connectivity index is 1.78. The molecule has 2 aliphatic rings. The molecule has 3 amide bonds. The van der Waals surface area contributed by atoms with Crippen LogP contribution in [0, 0.1) is 11.8 Å². The fourth-order valence-electron chi connectivity index (χ4n) is 3.12. The number of amides is 3. The van der Waals surface area contributed by atoms with Crippen molar-refractivity contribution in [2.24, 2.45) is 11.8 Å². The Bertz CT molecular complexity index is 405. The molecule has 1 aliphatic carbocycles. The summed E-state index contributed by atoms with van der Waals surface area (Å²) in [4.78, 5) is 35.6. The van der Waals surface area contributed by atoms with Gasteiger partial charge in [0.05, 0.1) is 0 Å². The zero-order valence-corrected chi connectivity index (χ0v) is 12.6. The van der Waals surface area contributed by atoms with Crippen LogP contribution in [0.4, 0.5) is 0 Å². The molecule has 118 valence electrons. The minimum absolute atomic E-state index is 0.0472. The third-order valence-corrected chi connectivity index (χ3v) is 4.58. The number of hydrogen-bond donors (Lipinski definition) is 3. The molecular weight excluding hydrogens is 270 g/mol. The Kier molecular flexibility index (Phi) is 5.73. The third kappa shape index (κ3) is 4.52. The lowest BCUT2D eigenvalue weighted by Gasteiger charge is -2.29. The summed E-state index contributed by atoms with van der Waals surface area (Å²) in [6.07, 6.45) is 5.64. The summed E-state index contributed by atoms with van der Waals surface area (Å²) in [5.74, 6) is -1.62. The molecule has 2 atom stereocenters. The first kappa shape index (κ1) is 15.9. The van der Waals surface area contributed by atoms with E-state index in [4.69, 9.17) is 0 Å². The number of nitrogens with one attached hydrogen (secondary N) is 3. The van der Waals surface area contributed by atoms with Crippen molar-refractivity contribution in [2.45, 2.75) is 51.5 Å². The zero-order valence-electron chi connectivity index (χ0n) is 12.6. The predicted molar refractivity (Wildman–Crippen MR) is 78.3 cm³/mol. The van der Waals surface area contributed by atoms with Crippen molar-refractivity contribution >= 4 is 17.7 Å². The maximum atomic E-state index is 11.9. The molecule has 21 heavy (non-hydrogen) atoms. The van der Waals surface area contributed by atoms with Gasteiger partial charge in [0.25, 0.3) is 0 Å². The summed E-state index contributed by atoms with van der Waals surface area (Å²) in [5.41, 5.74) is 0. The molecule has 6 heteroatoms. The molecule has 2 rings (SSSR count). The second kappa shape index (κ2) is 7.54. The Hall–Kier alpha value is -1.43. The van der Waals surface area contributed by atoms with Crippen LogP contribution in [0.3, 0.4) is 0 Å². The SMILES string of the molecule is CC1CCCCC1NC(=O)C(=O)NC(=O)C1CCNCC1. The van der Waals surface area contributed by atoms with Crippen LogP contribution in [0.5, 0.6) is 0 Å². The highest BCUT2D eigenvalue weighted by Crippen LogP contribution is 2.23. The summed E-state index contributed by atoms with van der Waals surface area (Å²) >= 11 is 0. The first-order valence-corrected chi connectivity index (χ1v) is 7.94. The van der Waals surface area contributed by atoms with Gasteiger partial charge in [-0.15, -0.1) is 0 Å². The summed E-state index contributed by atoms with van der Waals surface area (Å²) < 4.78 is 0. The highest BCUT2D eigenvalue weighted by molar-refractivity contribution is 6.37. The predicted octanol–water partition coefficient (Wildman–Crippen LogP) is 0.324. The molecule has 1 aliphatic heterocycles. The van der Waals surface area contributed by atoms with Crippen LogP contribution >= 0.6 is 0 Å². The van der Waals surface area contributed by atoms with E-state index in [-0.39, 0.29) is 17.9 Å². The van der Waals surface area contributed by atoms with Crippen molar-refractivity contribution in [2.75, 3.05) is 13.1 Å². The Morgan fingerprint density at radius 2 is 1.62 bits per heavy atom. The van der Waals surface area contributed by atoms with Gasteiger partial charge in [-0.25, -0.2) is 0 Å². The van der Waals surface area contributed by atoms with Crippen molar-refractivity contribution in [3.63, 3.8) is 0 Å². The fraction of sp³-hybridized carbons (Fsp3) is 0.800. The van der Waals surface area contributed by atoms with Gasteiger partial charge in [0.2, 0.25) is 5.91 Å². The summed E-state index contributed by atoms with van der Waals surface area (Å²) in [7, 11) is 0. The molecular formula is C15H25N3O3. The van der Waals surface area contributed by atoms with E-state index in [0.717, 1.165) is 32.4 Å². The molecule has 2 unspecified atom stereocenters. The average molecular weight is 295 g/mol. The average Bonchev–Trinajstić information content (AvgIpc) is 2.50. The van der Waals surface area contributed by atoms with E-state index in [1.807, 2.05) is 0 Å². The van der Waals surface area contributed by atoms with E-state index in [2.05, 4.69) is 22.9 Å². The maximum Gasteiger partial charge on any atom is 0.315 e. The molecule has 1 saturated carbocycles. The van der Waals surface area contributed by atoms with E-state index in [0.29, 0.717) is 18.8 Å². The van der Waals surface area contributed by atoms with E-state index in [1.54, 1.807) is 0 Å². The third-order valence-electron chi connectivity index (χ3n) is 4.58. The summed E-state index contributed by atoms with van der Waals surface area (Å²) in [6, 6.07) is 0.0472. The van der Waals surface area contributed by atoms with E-state index < -0.39 is 11.8 Å². The van der Waals surface area contributed by atoms with Crippen LogP contribution < -0.4 is 16.0 Å². The second-order valence-electron chi connectivity index (χ2n) is 6.18. The molecule has 0 aromatic rings. The second-order valence-corrected chi connectivity index (χ2v) is 6.18. The van der Waals surface area contributed by atoms with Crippen molar-refractivity contribution < 1.29 is 14.4 Å². The molecule has 1 heterocycles. The van der Waals surface area contributed by atoms with Gasteiger partial charge in [-0.3, -0.25) is 19.7 Å². The Labute approximate surface area is 125 Å². The molecule has 0 aromatic carbocycles. The number of carbonyl (C=O) groups is 3. The standard InChI is InChI=1S/C15H25N3O3/c1-10-4-2-3-5-12(10)17-14(20)15(21)18-13(19)11-6-8-16-9-7-11/h10-12,16H,2-9H2,1H3,(H,17,20)(H,18,19,21). The molecule has 3 N–H and O–H groups in total. The Morgan fingerprint density at radius 1 is 0.952 bits per heavy atom. The van der Waals surface area contributed by atoms with Gasteiger partial charge in [0.15, 0.2) is 0 Å². The van der Waals surface area contributed by atoms with Gasteiger partial charge >= 0.3 is 11.8 Å². The van der Waals surface area contributed by atoms with Gasteiger partial charge in [-0.05, 0) is 44.7 Å². The Morgan fingerprint density at radius 3 is 2.29 bits per heavy atom. The topological polar surface area (TPSA) is 87.3 Å². The van der Waals surface area contributed by atoms with Gasteiger partial charge in [-0.2, -0.15) is 0 Å². The van der Waals surface area contributed by atoms with Gasteiger partial charge in [0, 0.05) is 12.0 Å². The number of hydrogen-bond acceptors (Lipinski definition) is 4. The molecule has 0 radical (unpaired) electrons. The van der Waals surface area contributed by atoms with Crippen LogP contribution in [0.1, 0.15) is 45.4 Å². The first-order valence-electron chi connectivity index (χ1n) is 7.94. The number of imide groups is 1. The minimum atomic E-state index is -0.823. The summed E-state index contributed by atoms with van der Waals surface area (Å²) in [6.45, 7) is 3.64. The van der Waals surface area contributed by atoms with E-state index in [9.17, 15) is 14.4 Å². The van der Waals surface area contributed by atoms with Crippen molar-refractivity contribution in [3.05, 3.63) is 0 Å². The van der Waals surface area contributed by atoms with Crippen molar-refractivity contribution in [1.82, 2.24) is 16.0 Å². The van der Waals surface area contributed by atoms with Gasteiger partial charge < -0.3 is 10.6 Å². The summed E-state index contributed by atoms with van der Waals surface area (Å²) in [5, 5.41) is 8.16. The van der Waals surface area contributed by atoms with Crippen LogP contribution in [-0.4, -0.2) is 36.9 Å². The van der Waals surface area contributed by atoms with E-state index in [1.165, 1.54) is 6.42 Å². The van der Waals surface area contributed by atoms with E-state index >= 15 is 0 Å². The largest absolute Gasteiger partial charge is 0.345 e. The number of rotatable bonds is 2. The van der Waals surface area contributed by atoms with Gasteiger partial charge in [-0.1, -0.05) is 19.8 Å².